The van der Waals surface area contributed by atoms with Gasteiger partial charge in [-0.05, 0) is 12.5 Å². The predicted molar refractivity (Wildman–Crippen MR) is 56.6 cm³/mol. The van der Waals surface area contributed by atoms with Gasteiger partial charge in [-0.2, -0.15) is 0 Å². The second-order valence-electron chi connectivity index (χ2n) is 3.10. The highest BCUT2D eigenvalue weighted by Gasteiger charge is 2.03. The van der Waals surface area contributed by atoms with Gasteiger partial charge in [0.05, 0.1) is 19.3 Å². The van der Waals surface area contributed by atoms with Crippen LogP contribution < -0.4 is 0 Å². The third-order valence-corrected chi connectivity index (χ3v) is 1.99. The van der Waals surface area contributed by atoms with Crippen molar-refractivity contribution in [2.45, 2.75) is 13.0 Å². The molecule has 0 aliphatic heterocycles. The van der Waals surface area contributed by atoms with Crippen LogP contribution in [0.15, 0.2) is 35.3 Å². The SMILES string of the molecule is C/C(=N\C(CO)CO)c1ccccc1. The molecule has 0 fully saturated rings. The van der Waals surface area contributed by atoms with Crippen LogP contribution in [0.1, 0.15) is 12.5 Å². The molecule has 1 aromatic carbocycles. The zero-order chi connectivity index (χ0) is 10.4. The summed E-state index contributed by atoms with van der Waals surface area (Å²) in [7, 11) is 0. The first-order valence-electron chi connectivity index (χ1n) is 4.59. The topological polar surface area (TPSA) is 52.8 Å². The Bertz CT molecular complexity index is 291. The van der Waals surface area contributed by atoms with Gasteiger partial charge in [-0.3, -0.25) is 4.99 Å². The molecule has 3 heteroatoms. The predicted octanol–water partition coefficient (Wildman–Crippen LogP) is 0.849. The van der Waals surface area contributed by atoms with Gasteiger partial charge in [0.1, 0.15) is 0 Å². The molecule has 0 spiro atoms. The van der Waals surface area contributed by atoms with Crippen LogP contribution in [-0.4, -0.2) is 35.2 Å². The maximum atomic E-state index is 8.85. The van der Waals surface area contributed by atoms with Crippen LogP contribution in [0.2, 0.25) is 0 Å². The molecule has 1 aromatic rings. The van der Waals surface area contributed by atoms with E-state index in [0.29, 0.717) is 0 Å². The summed E-state index contributed by atoms with van der Waals surface area (Å²) in [4.78, 5) is 4.20. The fraction of sp³-hybridized carbons (Fsp3) is 0.364. The molecule has 0 saturated heterocycles. The Morgan fingerprint density at radius 2 is 1.79 bits per heavy atom. The molecule has 0 bridgehead atoms. The van der Waals surface area contributed by atoms with Crippen molar-refractivity contribution >= 4 is 5.71 Å². The number of hydrogen-bond donors (Lipinski definition) is 2. The largest absolute Gasteiger partial charge is 0.394 e. The van der Waals surface area contributed by atoms with E-state index < -0.39 is 6.04 Å². The molecular weight excluding hydrogens is 178 g/mol. The number of rotatable bonds is 4. The zero-order valence-corrected chi connectivity index (χ0v) is 8.22. The Labute approximate surface area is 83.7 Å². The molecule has 14 heavy (non-hydrogen) atoms. The summed E-state index contributed by atoms with van der Waals surface area (Å²) >= 11 is 0. The molecule has 0 amide bonds. The summed E-state index contributed by atoms with van der Waals surface area (Å²) in [5.41, 5.74) is 1.85. The minimum atomic E-state index is -0.407. The Hall–Kier alpha value is -1.19. The van der Waals surface area contributed by atoms with E-state index in [9.17, 15) is 0 Å². The summed E-state index contributed by atoms with van der Waals surface area (Å²) in [6.45, 7) is 1.62. The number of benzene rings is 1. The smallest absolute Gasteiger partial charge is 0.0963 e. The van der Waals surface area contributed by atoms with E-state index in [2.05, 4.69) is 4.99 Å². The summed E-state index contributed by atoms with van der Waals surface area (Å²) in [5.74, 6) is 0. The van der Waals surface area contributed by atoms with Crippen molar-refractivity contribution in [3.8, 4) is 0 Å². The van der Waals surface area contributed by atoms with Crippen LogP contribution in [-0.2, 0) is 0 Å². The van der Waals surface area contributed by atoms with Crippen molar-refractivity contribution in [2.24, 2.45) is 4.99 Å². The molecule has 3 nitrogen and oxygen atoms in total. The Kier molecular flexibility index (Phi) is 4.29. The van der Waals surface area contributed by atoms with Gasteiger partial charge in [-0.15, -0.1) is 0 Å². The lowest BCUT2D eigenvalue weighted by atomic mass is 10.1. The lowest BCUT2D eigenvalue weighted by molar-refractivity contribution is 0.195. The maximum Gasteiger partial charge on any atom is 0.0963 e. The summed E-state index contributed by atoms with van der Waals surface area (Å²) < 4.78 is 0. The van der Waals surface area contributed by atoms with Crippen LogP contribution >= 0.6 is 0 Å². The molecule has 76 valence electrons. The quantitative estimate of drug-likeness (QED) is 0.696. The highest BCUT2D eigenvalue weighted by atomic mass is 16.3. The standard InChI is InChI=1S/C11H15NO2/c1-9(12-11(7-13)8-14)10-5-3-2-4-6-10/h2-6,11,13-14H,7-8H2,1H3/b12-9+. The second-order valence-corrected chi connectivity index (χ2v) is 3.10. The van der Waals surface area contributed by atoms with E-state index in [-0.39, 0.29) is 13.2 Å². The molecule has 0 unspecified atom stereocenters. The third kappa shape index (κ3) is 2.94. The average Bonchev–Trinajstić information content (AvgIpc) is 2.26. The van der Waals surface area contributed by atoms with Gasteiger partial charge in [0.15, 0.2) is 0 Å². The van der Waals surface area contributed by atoms with Crippen molar-refractivity contribution in [1.82, 2.24) is 0 Å². The van der Waals surface area contributed by atoms with Gasteiger partial charge in [0, 0.05) is 5.71 Å². The van der Waals surface area contributed by atoms with Gasteiger partial charge in [-0.25, -0.2) is 0 Å². The highest BCUT2D eigenvalue weighted by molar-refractivity contribution is 5.98. The van der Waals surface area contributed by atoms with E-state index in [1.165, 1.54) is 0 Å². The third-order valence-electron chi connectivity index (χ3n) is 1.99. The number of aliphatic hydroxyl groups is 2. The van der Waals surface area contributed by atoms with E-state index in [1.807, 2.05) is 37.3 Å². The molecule has 1 rings (SSSR count). The monoisotopic (exact) mass is 193 g/mol. The number of hydrogen-bond acceptors (Lipinski definition) is 3. The van der Waals surface area contributed by atoms with Gasteiger partial charge in [0.2, 0.25) is 0 Å². The summed E-state index contributed by atoms with van der Waals surface area (Å²) in [5, 5.41) is 17.7. The molecule has 0 aliphatic rings. The first-order chi connectivity index (χ1) is 6.77. The van der Waals surface area contributed by atoms with E-state index in [0.717, 1.165) is 11.3 Å². The van der Waals surface area contributed by atoms with Crippen LogP contribution in [0.5, 0.6) is 0 Å². The average molecular weight is 193 g/mol. The molecular formula is C11H15NO2. The fourth-order valence-electron chi connectivity index (χ4n) is 1.17. The molecule has 0 saturated carbocycles. The van der Waals surface area contributed by atoms with Crippen LogP contribution in [0.25, 0.3) is 0 Å². The van der Waals surface area contributed by atoms with Crippen molar-refractivity contribution in [3.63, 3.8) is 0 Å². The van der Waals surface area contributed by atoms with E-state index in [4.69, 9.17) is 10.2 Å². The lowest BCUT2D eigenvalue weighted by Gasteiger charge is -2.07. The van der Waals surface area contributed by atoms with Crippen LogP contribution in [0.4, 0.5) is 0 Å². The molecule has 2 N–H and O–H groups in total. The Morgan fingerprint density at radius 3 is 2.29 bits per heavy atom. The minimum Gasteiger partial charge on any atom is -0.394 e. The number of nitrogens with zero attached hydrogens (tertiary/aromatic N) is 1. The first kappa shape index (κ1) is 10.9. The van der Waals surface area contributed by atoms with Gasteiger partial charge in [0.25, 0.3) is 0 Å². The van der Waals surface area contributed by atoms with E-state index in [1.54, 1.807) is 0 Å². The zero-order valence-electron chi connectivity index (χ0n) is 8.22. The number of aliphatic hydroxyl groups excluding tert-OH is 2. The molecule has 0 aliphatic carbocycles. The maximum absolute atomic E-state index is 8.85. The molecule has 0 heterocycles. The van der Waals surface area contributed by atoms with Gasteiger partial charge < -0.3 is 10.2 Å². The highest BCUT2D eigenvalue weighted by Crippen LogP contribution is 2.02. The summed E-state index contributed by atoms with van der Waals surface area (Å²) in [6.07, 6.45) is 0. The molecule has 0 radical (unpaired) electrons. The van der Waals surface area contributed by atoms with Crippen molar-refractivity contribution in [3.05, 3.63) is 35.9 Å². The van der Waals surface area contributed by atoms with Gasteiger partial charge in [-0.1, -0.05) is 30.3 Å². The molecule has 0 atom stereocenters. The van der Waals surface area contributed by atoms with E-state index >= 15 is 0 Å². The Morgan fingerprint density at radius 1 is 1.21 bits per heavy atom. The Balaban J connectivity index is 2.78. The fourth-order valence-corrected chi connectivity index (χ4v) is 1.17. The van der Waals surface area contributed by atoms with Crippen molar-refractivity contribution < 1.29 is 10.2 Å². The summed E-state index contributed by atoms with van der Waals surface area (Å²) in [6, 6.07) is 9.29. The van der Waals surface area contributed by atoms with Crippen LogP contribution in [0.3, 0.4) is 0 Å². The number of aliphatic imine (C=N–C) groups is 1. The second kappa shape index (κ2) is 5.52. The van der Waals surface area contributed by atoms with Crippen LogP contribution in [0, 0.1) is 0 Å². The van der Waals surface area contributed by atoms with Gasteiger partial charge >= 0.3 is 0 Å². The first-order valence-corrected chi connectivity index (χ1v) is 4.59. The van der Waals surface area contributed by atoms with Crippen molar-refractivity contribution in [2.75, 3.05) is 13.2 Å². The molecule has 0 aromatic heterocycles. The lowest BCUT2D eigenvalue weighted by Crippen LogP contribution is -2.17. The van der Waals surface area contributed by atoms with Crippen molar-refractivity contribution in [1.29, 1.82) is 0 Å². The minimum absolute atomic E-state index is 0.124. The normalized spacial score (nSPS) is 12.1.